The predicted octanol–water partition coefficient (Wildman–Crippen LogP) is 2.80. The number of ether oxygens (including phenoxy) is 2. The number of rotatable bonds is 6. The molecule has 1 amide bonds. The molecular weight excluding hydrogens is 415 g/mol. The lowest BCUT2D eigenvalue weighted by Crippen LogP contribution is -2.38. The van der Waals surface area contributed by atoms with Gasteiger partial charge in [-0.3, -0.25) is 9.36 Å². The second kappa shape index (κ2) is 9.25. The van der Waals surface area contributed by atoms with E-state index in [0.29, 0.717) is 38.3 Å². The molecule has 8 nitrogen and oxygen atoms in total. The van der Waals surface area contributed by atoms with Gasteiger partial charge in [-0.15, -0.1) is 0 Å². The quantitative estimate of drug-likeness (QED) is 0.637. The minimum Gasteiger partial charge on any atom is -0.497 e. The van der Waals surface area contributed by atoms with Crippen LogP contribution in [0.25, 0.3) is 0 Å². The van der Waals surface area contributed by atoms with E-state index in [2.05, 4.69) is 10.2 Å². The third-order valence-corrected chi connectivity index (χ3v) is 5.83. The van der Waals surface area contributed by atoms with Crippen LogP contribution in [-0.4, -0.2) is 52.9 Å². The summed E-state index contributed by atoms with van der Waals surface area (Å²) >= 11 is 0. The standard InChI is InChI=1S/C23H25FN4O4/c1-31-18-6-3-15(4-7-18)14-28-21(25-26-23(28)30)16-9-11-27(12-10-16)22(29)17-5-8-20(32-2)19(24)13-17/h3-8,13,16H,9-12,14H2,1-2H3,(H,26,30). The number of nitrogens with zero attached hydrogens (tertiary/aromatic N) is 3. The Kier molecular flexibility index (Phi) is 6.25. The summed E-state index contributed by atoms with van der Waals surface area (Å²) in [5.41, 5.74) is 0.991. The van der Waals surface area contributed by atoms with Gasteiger partial charge >= 0.3 is 5.69 Å². The van der Waals surface area contributed by atoms with Crippen LogP contribution < -0.4 is 15.2 Å². The molecule has 0 radical (unpaired) electrons. The molecular formula is C23H25FN4O4. The highest BCUT2D eigenvalue weighted by Crippen LogP contribution is 2.28. The molecule has 32 heavy (non-hydrogen) atoms. The van der Waals surface area contributed by atoms with Crippen molar-refractivity contribution in [1.29, 1.82) is 0 Å². The van der Waals surface area contributed by atoms with E-state index in [0.717, 1.165) is 11.3 Å². The highest BCUT2D eigenvalue weighted by atomic mass is 19.1. The third-order valence-electron chi connectivity index (χ3n) is 5.83. The monoisotopic (exact) mass is 440 g/mol. The molecule has 1 aliphatic rings. The number of carbonyl (C=O) groups excluding carboxylic acids is 1. The minimum absolute atomic E-state index is 0.0452. The Hall–Kier alpha value is -3.62. The Bertz CT molecular complexity index is 1150. The number of piperidine rings is 1. The Morgan fingerprint density at radius 3 is 2.47 bits per heavy atom. The Morgan fingerprint density at radius 2 is 1.84 bits per heavy atom. The molecule has 4 rings (SSSR count). The Labute approximate surface area is 184 Å². The zero-order valence-corrected chi connectivity index (χ0v) is 18.0. The van der Waals surface area contributed by atoms with Crippen LogP contribution in [0.2, 0.25) is 0 Å². The average molecular weight is 440 g/mol. The first-order chi connectivity index (χ1) is 15.5. The molecule has 0 unspecified atom stereocenters. The molecule has 168 valence electrons. The maximum Gasteiger partial charge on any atom is 0.343 e. The molecule has 9 heteroatoms. The Morgan fingerprint density at radius 1 is 1.12 bits per heavy atom. The zero-order valence-electron chi connectivity index (χ0n) is 18.0. The fourth-order valence-corrected chi connectivity index (χ4v) is 4.03. The van der Waals surface area contributed by atoms with Crippen LogP contribution in [0.1, 0.15) is 40.5 Å². The van der Waals surface area contributed by atoms with Crippen molar-refractivity contribution in [2.45, 2.75) is 25.3 Å². The van der Waals surface area contributed by atoms with Crippen LogP contribution >= 0.6 is 0 Å². The van der Waals surface area contributed by atoms with Gasteiger partial charge in [0.05, 0.1) is 20.8 Å². The van der Waals surface area contributed by atoms with Crippen LogP contribution in [0, 0.1) is 5.82 Å². The number of halogens is 1. The van der Waals surface area contributed by atoms with Gasteiger partial charge in [0.2, 0.25) is 0 Å². The van der Waals surface area contributed by atoms with Crippen molar-refractivity contribution in [1.82, 2.24) is 19.7 Å². The number of aromatic nitrogens is 3. The predicted molar refractivity (Wildman–Crippen MR) is 116 cm³/mol. The van der Waals surface area contributed by atoms with E-state index in [-0.39, 0.29) is 28.8 Å². The fraction of sp³-hybridized carbons (Fsp3) is 0.348. The number of amides is 1. The third kappa shape index (κ3) is 4.37. The highest BCUT2D eigenvalue weighted by molar-refractivity contribution is 5.94. The summed E-state index contributed by atoms with van der Waals surface area (Å²) in [5, 5.41) is 6.81. The van der Waals surface area contributed by atoms with Gasteiger partial charge in [0.1, 0.15) is 11.6 Å². The van der Waals surface area contributed by atoms with Crippen molar-refractivity contribution >= 4 is 5.91 Å². The molecule has 3 aromatic rings. The summed E-state index contributed by atoms with van der Waals surface area (Å²) in [6, 6.07) is 11.8. The fourth-order valence-electron chi connectivity index (χ4n) is 4.03. The smallest absolute Gasteiger partial charge is 0.343 e. The highest BCUT2D eigenvalue weighted by Gasteiger charge is 2.28. The largest absolute Gasteiger partial charge is 0.497 e. The molecule has 0 bridgehead atoms. The van der Waals surface area contributed by atoms with Crippen molar-refractivity contribution in [3.8, 4) is 11.5 Å². The molecule has 0 saturated carbocycles. The second-order valence-corrected chi connectivity index (χ2v) is 7.74. The molecule has 1 fully saturated rings. The SMILES string of the molecule is COc1ccc(Cn2c(C3CCN(C(=O)c4ccc(OC)c(F)c4)CC3)n[nH]c2=O)cc1. The molecule has 1 N–H and O–H groups in total. The zero-order chi connectivity index (χ0) is 22.7. The number of methoxy groups -OCH3 is 2. The molecule has 0 atom stereocenters. The van der Waals surface area contributed by atoms with E-state index in [1.54, 1.807) is 22.6 Å². The summed E-state index contributed by atoms with van der Waals surface area (Å²) < 4.78 is 25.7. The summed E-state index contributed by atoms with van der Waals surface area (Å²) in [6.45, 7) is 1.40. The first-order valence-electron chi connectivity index (χ1n) is 10.4. The number of nitrogens with one attached hydrogen (secondary N) is 1. The van der Waals surface area contributed by atoms with Crippen LogP contribution in [-0.2, 0) is 6.54 Å². The normalized spacial score (nSPS) is 14.4. The van der Waals surface area contributed by atoms with Crippen LogP contribution in [0.5, 0.6) is 11.5 Å². The van der Waals surface area contributed by atoms with Gasteiger partial charge in [-0.2, -0.15) is 5.10 Å². The molecule has 1 aromatic heterocycles. The summed E-state index contributed by atoms with van der Waals surface area (Å²) in [7, 11) is 2.99. The van der Waals surface area contributed by atoms with E-state index in [1.807, 2.05) is 24.3 Å². The Balaban J connectivity index is 1.44. The van der Waals surface area contributed by atoms with E-state index < -0.39 is 5.82 Å². The molecule has 2 heterocycles. The van der Waals surface area contributed by atoms with Crippen molar-refractivity contribution in [2.75, 3.05) is 27.3 Å². The number of hydrogen-bond donors (Lipinski definition) is 1. The second-order valence-electron chi connectivity index (χ2n) is 7.74. The number of carbonyl (C=O) groups is 1. The average Bonchev–Trinajstić information content (AvgIpc) is 3.19. The van der Waals surface area contributed by atoms with E-state index >= 15 is 0 Å². The lowest BCUT2D eigenvalue weighted by atomic mass is 9.95. The molecule has 0 aliphatic carbocycles. The number of hydrogen-bond acceptors (Lipinski definition) is 5. The van der Waals surface area contributed by atoms with Crippen molar-refractivity contribution in [3.63, 3.8) is 0 Å². The van der Waals surface area contributed by atoms with Gasteiger partial charge in [-0.1, -0.05) is 12.1 Å². The van der Waals surface area contributed by atoms with Crippen molar-refractivity contribution < 1.29 is 18.7 Å². The number of H-pyrrole nitrogens is 1. The van der Waals surface area contributed by atoms with Crippen LogP contribution in [0.4, 0.5) is 4.39 Å². The van der Waals surface area contributed by atoms with Gasteiger partial charge in [-0.25, -0.2) is 14.3 Å². The van der Waals surface area contributed by atoms with Gasteiger partial charge in [0, 0.05) is 24.6 Å². The summed E-state index contributed by atoms with van der Waals surface area (Å²) in [6.07, 6.45) is 1.33. The first-order valence-corrected chi connectivity index (χ1v) is 10.4. The summed E-state index contributed by atoms with van der Waals surface area (Å²) in [5.74, 6) is 0.808. The number of benzene rings is 2. The maximum atomic E-state index is 14.0. The van der Waals surface area contributed by atoms with E-state index in [4.69, 9.17) is 9.47 Å². The minimum atomic E-state index is -0.563. The van der Waals surface area contributed by atoms with Gasteiger partial charge < -0.3 is 14.4 Å². The van der Waals surface area contributed by atoms with Gasteiger partial charge in [-0.05, 0) is 48.7 Å². The van der Waals surface area contributed by atoms with E-state index in [9.17, 15) is 14.0 Å². The summed E-state index contributed by atoms with van der Waals surface area (Å²) in [4.78, 5) is 26.9. The van der Waals surface area contributed by atoms with Crippen LogP contribution in [0.15, 0.2) is 47.3 Å². The van der Waals surface area contributed by atoms with Crippen molar-refractivity contribution in [2.24, 2.45) is 0 Å². The molecule has 2 aromatic carbocycles. The van der Waals surface area contributed by atoms with E-state index in [1.165, 1.54) is 19.2 Å². The van der Waals surface area contributed by atoms with Gasteiger partial charge in [0.25, 0.3) is 5.91 Å². The maximum absolute atomic E-state index is 14.0. The first kappa shape index (κ1) is 21.6. The molecule has 1 aliphatic heterocycles. The number of aromatic amines is 1. The van der Waals surface area contributed by atoms with Crippen LogP contribution in [0.3, 0.4) is 0 Å². The lowest BCUT2D eigenvalue weighted by Gasteiger charge is -2.31. The topological polar surface area (TPSA) is 89.4 Å². The molecule has 0 spiro atoms. The van der Waals surface area contributed by atoms with Gasteiger partial charge in [0.15, 0.2) is 11.6 Å². The number of likely N-dealkylation sites (tertiary alicyclic amines) is 1. The lowest BCUT2D eigenvalue weighted by molar-refractivity contribution is 0.0709. The van der Waals surface area contributed by atoms with Crippen molar-refractivity contribution in [3.05, 3.63) is 75.7 Å². The molecule has 1 saturated heterocycles.